The molecule has 0 bridgehead atoms. The first-order valence-corrected chi connectivity index (χ1v) is 13.7. The molecule has 0 unspecified atom stereocenters. The number of aromatic nitrogens is 2. The molecule has 0 N–H and O–H groups in total. The zero-order chi connectivity index (χ0) is 28.6. The van der Waals surface area contributed by atoms with Crippen molar-refractivity contribution in [2.75, 3.05) is 58.4 Å². The number of carbonyl (C=O) groups is 2. The van der Waals surface area contributed by atoms with Crippen LogP contribution in [0.4, 0.5) is 5.82 Å². The summed E-state index contributed by atoms with van der Waals surface area (Å²) in [4.78, 5) is 32.3. The van der Waals surface area contributed by atoms with Crippen molar-refractivity contribution < 1.29 is 19.1 Å². The van der Waals surface area contributed by atoms with Crippen molar-refractivity contribution in [3.63, 3.8) is 0 Å². The van der Waals surface area contributed by atoms with Gasteiger partial charge in [0.05, 0.1) is 19.9 Å². The van der Waals surface area contributed by atoms with Crippen LogP contribution < -0.4 is 14.4 Å². The van der Waals surface area contributed by atoms with Gasteiger partial charge in [0.2, 0.25) is 5.91 Å². The monoisotopic (exact) mass is 545 g/mol. The zero-order valence-electron chi connectivity index (χ0n) is 24.1. The van der Waals surface area contributed by atoms with Crippen LogP contribution in [0.2, 0.25) is 0 Å². The van der Waals surface area contributed by atoms with Gasteiger partial charge in [-0.05, 0) is 55.2 Å². The first-order chi connectivity index (χ1) is 19.3. The van der Waals surface area contributed by atoms with Crippen LogP contribution >= 0.6 is 0 Å². The van der Waals surface area contributed by atoms with Crippen LogP contribution in [0.15, 0.2) is 54.6 Å². The predicted molar refractivity (Wildman–Crippen MR) is 156 cm³/mol. The second kappa shape index (κ2) is 13.3. The van der Waals surface area contributed by atoms with Crippen LogP contribution in [0.25, 0.3) is 11.3 Å². The van der Waals surface area contributed by atoms with Crippen LogP contribution in [0.5, 0.6) is 11.5 Å². The van der Waals surface area contributed by atoms with Gasteiger partial charge in [-0.1, -0.05) is 32.0 Å². The summed E-state index contributed by atoms with van der Waals surface area (Å²) in [6.45, 7) is 9.22. The highest BCUT2D eigenvalue weighted by Crippen LogP contribution is 2.32. The number of benzene rings is 2. The van der Waals surface area contributed by atoms with Gasteiger partial charge in [0.25, 0.3) is 5.91 Å². The Kier molecular flexibility index (Phi) is 9.58. The molecule has 0 spiro atoms. The summed E-state index contributed by atoms with van der Waals surface area (Å²) in [6.07, 6.45) is 0.843. The first-order valence-electron chi connectivity index (χ1n) is 13.7. The number of carbonyl (C=O) groups excluding carboxylic acids is 2. The maximum absolute atomic E-state index is 13.4. The number of amides is 2. The van der Waals surface area contributed by atoms with E-state index in [-0.39, 0.29) is 18.4 Å². The minimum atomic E-state index is -0.0883. The second-order valence-corrected chi connectivity index (χ2v) is 10.4. The van der Waals surface area contributed by atoms with Crippen LogP contribution in [-0.2, 0) is 4.79 Å². The van der Waals surface area contributed by atoms with Crippen LogP contribution in [-0.4, -0.2) is 85.3 Å². The first kappa shape index (κ1) is 28.9. The summed E-state index contributed by atoms with van der Waals surface area (Å²) >= 11 is 0. The van der Waals surface area contributed by atoms with Gasteiger partial charge in [-0.2, -0.15) is 0 Å². The molecule has 3 aromatic rings. The van der Waals surface area contributed by atoms with Crippen molar-refractivity contribution in [1.82, 2.24) is 20.0 Å². The average Bonchev–Trinajstić information content (AvgIpc) is 2.98. The molecule has 2 amide bonds. The van der Waals surface area contributed by atoms with Gasteiger partial charge in [0, 0.05) is 49.9 Å². The summed E-state index contributed by atoms with van der Waals surface area (Å²) in [5.41, 5.74) is 3.11. The van der Waals surface area contributed by atoms with Gasteiger partial charge in [-0.25, -0.2) is 0 Å². The quantitative estimate of drug-likeness (QED) is 0.375. The van der Waals surface area contributed by atoms with Gasteiger partial charge in [0.15, 0.2) is 5.82 Å². The molecular formula is C31H39N5O4. The Bertz CT molecular complexity index is 1300. The van der Waals surface area contributed by atoms with Gasteiger partial charge >= 0.3 is 0 Å². The third kappa shape index (κ3) is 6.89. The number of anilines is 1. The standard InChI is InChI=1S/C31H39N5O4/c1-22(2)14-15-36(31(38)25-9-7-6-8-23(25)3)21-30(37)35-18-16-34(17-19-35)29-13-12-27(32-33-29)26-11-10-24(39-4)20-28(26)40-5/h6-13,20,22H,14-19,21H2,1-5H3. The molecule has 1 aromatic heterocycles. The van der Waals surface area contributed by atoms with Gasteiger partial charge in [-0.3, -0.25) is 9.59 Å². The van der Waals surface area contributed by atoms with E-state index in [9.17, 15) is 9.59 Å². The fourth-order valence-electron chi connectivity index (χ4n) is 4.75. The summed E-state index contributed by atoms with van der Waals surface area (Å²) in [7, 11) is 3.23. The lowest BCUT2D eigenvalue weighted by Crippen LogP contribution is -2.52. The lowest BCUT2D eigenvalue weighted by molar-refractivity contribution is -0.132. The molecule has 9 nitrogen and oxygen atoms in total. The fraction of sp³-hybridized carbons (Fsp3) is 0.419. The van der Waals surface area contributed by atoms with E-state index in [1.807, 2.05) is 66.4 Å². The molecule has 1 aliphatic rings. The maximum atomic E-state index is 13.4. The van der Waals surface area contributed by atoms with Crippen molar-refractivity contribution in [2.24, 2.45) is 5.92 Å². The van der Waals surface area contributed by atoms with Gasteiger partial charge < -0.3 is 24.2 Å². The van der Waals surface area contributed by atoms with E-state index in [4.69, 9.17) is 9.47 Å². The van der Waals surface area contributed by atoms with Crippen molar-refractivity contribution in [3.8, 4) is 22.8 Å². The minimum Gasteiger partial charge on any atom is -0.497 e. The van der Waals surface area contributed by atoms with E-state index >= 15 is 0 Å². The molecule has 9 heteroatoms. The Morgan fingerprint density at radius 3 is 2.33 bits per heavy atom. The molecule has 40 heavy (non-hydrogen) atoms. The van der Waals surface area contributed by atoms with Crippen LogP contribution in [0, 0.1) is 12.8 Å². The van der Waals surface area contributed by atoms with E-state index in [0.717, 1.165) is 23.4 Å². The highest BCUT2D eigenvalue weighted by Gasteiger charge is 2.26. The Hall–Kier alpha value is -4.14. The van der Waals surface area contributed by atoms with E-state index in [1.165, 1.54) is 0 Å². The topological polar surface area (TPSA) is 88.1 Å². The number of piperazine rings is 1. The van der Waals surface area contributed by atoms with E-state index in [0.29, 0.717) is 61.4 Å². The number of rotatable bonds is 10. The van der Waals surface area contributed by atoms with E-state index < -0.39 is 0 Å². The second-order valence-electron chi connectivity index (χ2n) is 10.4. The Morgan fingerprint density at radius 1 is 0.950 bits per heavy atom. The summed E-state index contributed by atoms with van der Waals surface area (Å²) in [6, 6.07) is 17.0. The molecule has 4 rings (SSSR count). The van der Waals surface area contributed by atoms with E-state index in [2.05, 4.69) is 28.9 Å². The molecule has 1 saturated heterocycles. The SMILES string of the molecule is COc1ccc(-c2ccc(N3CCN(C(=O)CN(CCC(C)C)C(=O)c4ccccc4C)CC3)nn2)c(OC)c1. The molecule has 0 saturated carbocycles. The fourth-order valence-corrected chi connectivity index (χ4v) is 4.75. The average molecular weight is 546 g/mol. The minimum absolute atomic E-state index is 0.0293. The number of methoxy groups -OCH3 is 2. The zero-order valence-corrected chi connectivity index (χ0v) is 24.1. The molecule has 1 fully saturated rings. The lowest BCUT2D eigenvalue weighted by atomic mass is 10.1. The molecule has 2 heterocycles. The van der Waals surface area contributed by atoms with Crippen LogP contribution in [0.3, 0.4) is 0 Å². The smallest absolute Gasteiger partial charge is 0.254 e. The number of hydrogen-bond donors (Lipinski definition) is 0. The van der Waals surface area contributed by atoms with Crippen molar-refractivity contribution in [3.05, 3.63) is 65.7 Å². The molecule has 2 aromatic carbocycles. The van der Waals surface area contributed by atoms with Gasteiger partial charge in [0.1, 0.15) is 18.0 Å². The Labute approximate surface area is 236 Å². The molecule has 212 valence electrons. The van der Waals surface area contributed by atoms with Crippen molar-refractivity contribution in [1.29, 1.82) is 0 Å². The molecule has 0 radical (unpaired) electrons. The van der Waals surface area contributed by atoms with Crippen molar-refractivity contribution >= 4 is 17.6 Å². The predicted octanol–water partition coefficient (Wildman–Crippen LogP) is 4.31. The molecule has 1 aliphatic heterocycles. The number of ether oxygens (including phenoxy) is 2. The third-order valence-corrected chi connectivity index (χ3v) is 7.26. The normalized spacial score (nSPS) is 13.3. The number of nitrogens with zero attached hydrogens (tertiary/aromatic N) is 5. The summed E-state index contributed by atoms with van der Waals surface area (Å²) in [5.74, 6) is 2.45. The lowest BCUT2D eigenvalue weighted by Gasteiger charge is -2.36. The summed E-state index contributed by atoms with van der Waals surface area (Å²) in [5, 5.41) is 8.89. The number of aryl methyl sites for hydroxylation is 1. The third-order valence-electron chi connectivity index (χ3n) is 7.26. The largest absolute Gasteiger partial charge is 0.497 e. The molecule has 0 atom stereocenters. The Morgan fingerprint density at radius 2 is 1.70 bits per heavy atom. The number of hydrogen-bond acceptors (Lipinski definition) is 7. The van der Waals surface area contributed by atoms with E-state index in [1.54, 1.807) is 19.1 Å². The maximum Gasteiger partial charge on any atom is 0.254 e. The molecule has 0 aliphatic carbocycles. The van der Waals surface area contributed by atoms with Gasteiger partial charge in [-0.15, -0.1) is 10.2 Å². The summed E-state index contributed by atoms with van der Waals surface area (Å²) < 4.78 is 10.8. The molecular weight excluding hydrogens is 506 g/mol. The Balaban J connectivity index is 1.37. The van der Waals surface area contributed by atoms with Crippen LogP contribution in [0.1, 0.15) is 36.2 Å². The highest BCUT2D eigenvalue weighted by atomic mass is 16.5. The highest BCUT2D eigenvalue weighted by molar-refractivity contribution is 5.97. The van der Waals surface area contributed by atoms with Crippen molar-refractivity contribution in [2.45, 2.75) is 27.2 Å².